The molecular weight excluding hydrogens is 228 g/mol. The van der Waals surface area contributed by atoms with E-state index < -0.39 is 0 Å². The first-order chi connectivity index (χ1) is 8.69. The van der Waals surface area contributed by atoms with Crippen LogP contribution in [0.3, 0.4) is 0 Å². The molecule has 18 heavy (non-hydrogen) atoms. The Morgan fingerprint density at radius 3 is 2.44 bits per heavy atom. The minimum Gasteiger partial charge on any atom is -0.490 e. The number of hydrogen-bond donors (Lipinski definition) is 1. The van der Waals surface area contributed by atoms with E-state index in [4.69, 9.17) is 4.74 Å². The van der Waals surface area contributed by atoms with E-state index in [2.05, 4.69) is 41.1 Å². The average molecular weight is 252 g/mol. The van der Waals surface area contributed by atoms with Crippen molar-refractivity contribution in [3.63, 3.8) is 0 Å². The van der Waals surface area contributed by atoms with Crippen LogP contribution in [0.4, 0.5) is 11.6 Å². The quantitative estimate of drug-likeness (QED) is 0.808. The number of aromatic nitrogens is 2. The highest BCUT2D eigenvalue weighted by Gasteiger charge is 2.19. The number of ether oxygens (including phenoxy) is 1. The Kier molecular flexibility index (Phi) is 5.68. The van der Waals surface area contributed by atoms with Crippen molar-refractivity contribution in [2.75, 3.05) is 30.9 Å². The maximum absolute atomic E-state index is 5.46. The SMILES string of the molecule is CCNc1ncnc(N(C)C(CC)CC)c1OC. The van der Waals surface area contributed by atoms with E-state index in [0.29, 0.717) is 11.8 Å². The van der Waals surface area contributed by atoms with Gasteiger partial charge in [-0.05, 0) is 19.8 Å². The summed E-state index contributed by atoms with van der Waals surface area (Å²) in [7, 11) is 3.71. The molecule has 1 rings (SSSR count). The molecule has 0 bridgehead atoms. The molecule has 0 aliphatic rings. The lowest BCUT2D eigenvalue weighted by Gasteiger charge is -2.28. The molecule has 1 aromatic heterocycles. The number of anilines is 2. The standard InChI is InChI=1S/C13H24N4O/c1-6-10(7-2)17(4)13-11(18-5)12(14-8-3)15-9-16-13/h9-10H,6-8H2,1-5H3,(H,14,15,16). The number of nitrogens with one attached hydrogen (secondary N) is 1. The van der Waals surface area contributed by atoms with Gasteiger partial charge < -0.3 is 15.0 Å². The van der Waals surface area contributed by atoms with Gasteiger partial charge in [-0.1, -0.05) is 13.8 Å². The molecule has 1 N–H and O–H groups in total. The fourth-order valence-corrected chi connectivity index (χ4v) is 2.11. The molecule has 0 saturated carbocycles. The zero-order chi connectivity index (χ0) is 13.5. The van der Waals surface area contributed by atoms with Gasteiger partial charge in [0.15, 0.2) is 11.6 Å². The fourth-order valence-electron chi connectivity index (χ4n) is 2.11. The molecule has 0 aliphatic heterocycles. The first kappa shape index (κ1) is 14.5. The molecule has 0 aromatic carbocycles. The van der Waals surface area contributed by atoms with Gasteiger partial charge in [0.05, 0.1) is 7.11 Å². The minimum absolute atomic E-state index is 0.461. The van der Waals surface area contributed by atoms with Crippen LogP contribution in [0.25, 0.3) is 0 Å². The van der Waals surface area contributed by atoms with Crippen LogP contribution in [0.2, 0.25) is 0 Å². The predicted octanol–water partition coefficient (Wildman–Crippen LogP) is 2.54. The Bertz CT molecular complexity index is 366. The third kappa shape index (κ3) is 3.03. The number of hydrogen-bond acceptors (Lipinski definition) is 5. The smallest absolute Gasteiger partial charge is 0.204 e. The van der Waals surface area contributed by atoms with Gasteiger partial charge in [0, 0.05) is 19.6 Å². The van der Waals surface area contributed by atoms with Crippen LogP contribution >= 0.6 is 0 Å². The highest BCUT2D eigenvalue weighted by atomic mass is 16.5. The van der Waals surface area contributed by atoms with Crippen molar-refractivity contribution in [1.82, 2.24) is 9.97 Å². The van der Waals surface area contributed by atoms with Gasteiger partial charge in [0.25, 0.3) is 0 Å². The zero-order valence-electron chi connectivity index (χ0n) is 12.0. The fraction of sp³-hybridized carbons (Fsp3) is 0.692. The lowest BCUT2D eigenvalue weighted by atomic mass is 10.1. The van der Waals surface area contributed by atoms with Crippen LogP contribution in [0.1, 0.15) is 33.6 Å². The zero-order valence-corrected chi connectivity index (χ0v) is 12.0. The maximum atomic E-state index is 5.46. The van der Waals surface area contributed by atoms with E-state index in [-0.39, 0.29) is 0 Å². The normalized spacial score (nSPS) is 10.6. The van der Waals surface area contributed by atoms with Crippen molar-refractivity contribution < 1.29 is 4.74 Å². The Morgan fingerprint density at radius 2 is 1.94 bits per heavy atom. The summed E-state index contributed by atoms with van der Waals surface area (Å²) in [4.78, 5) is 10.7. The van der Waals surface area contributed by atoms with E-state index in [0.717, 1.165) is 31.0 Å². The first-order valence-corrected chi connectivity index (χ1v) is 6.55. The van der Waals surface area contributed by atoms with Crippen LogP contribution in [0.15, 0.2) is 6.33 Å². The van der Waals surface area contributed by atoms with Gasteiger partial charge in [-0.15, -0.1) is 0 Å². The van der Waals surface area contributed by atoms with Gasteiger partial charge in [0.1, 0.15) is 6.33 Å². The lowest BCUT2D eigenvalue weighted by Crippen LogP contribution is -2.31. The second-order valence-corrected chi connectivity index (χ2v) is 4.19. The molecule has 0 unspecified atom stereocenters. The maximum Gasteiger partial charge on any atom is 0.204 e. The van der Waals surface area contributed by atoms with Crippen molar-refractivity contribution >= 4 is 11.6 Å². The molecule has 1 aromatic rings. The monoisotopic (exact) mass is 252 g/mol. The van der Waals surface area contributed by atoms with Gasteiger partial charge in [0.2, 0.25) is 5.75 Å². The summed E-state index contributed by atoms with van der Waals surface area (Å²) in [6, 6.07) is 0.461. The molecule has 102 valence electrons. The van der Waals surface area contributed by atoms with Crippen molar-refractivity contribution in [3.05, 3.63) is 6.33 Å². The number of methoxy groups -OCH3 is 1. The highest BCUT2D eigenvalue weighted by Crippen LogP contribution is 2.32. The predicted molar refractivity (Wildman–Crippen MR) is 75.5 cm³/mol. The molecule has 0 amide bonds. The van der Waals surface area contributed by atoms with Crippen LogP contribution in [0.5, 0.6) is 5.75 Å². The van der Waals surface area contributed by atoms with Gasteiger partial charge in [-0.3, -0.25) is 0 Å². The van der Waals surface area contributed by atoms with E-state index in [1.807, 2.05) is 6.92 Å². The summed E-state index contributed by atoms with van der Waals surface area (Å²) in [6.07, 6.45) is 3.74. The first-order valence-electron chi connectivity index (χ1n) is 6.55. The molecule has 1 heterocycles. The molecule has 5 nitrogen and oxygen atoms in total. The van der Waals surface area contributed by atoms with E-state index in [9.17, 15) is 0 Å². The molecule has 0 atom stereocenters. The Labute approximate surface area is 110 Å². The molecule has 0 fully saturated rings. The summed E-state index contributed by atoms with van der Waals surface area (Å²) < 4.78 is 5.46. The summed E-state index contributed by atoms with van der Waals surface area (Å²) in [5, 5.41) is 3.19. The van der Waals surface area contributed by atoms with E-state index in [1.54, 1.807) is 13.4 Å². The van der Waals surface area contributed by atoms with Crippen molar-refractivity contribution in [1.29, 1.82) is 0 Å². The van der Waals surface area contributed by atoms with Crippen LogP contribution in [-0.2, 0) is 0 Å². The van der Waals surface area contributed by atoms with Crippen molar-refractivity contribution in [3.8, 4) is 5.75 Å². The topological polar surface area (TPSA) is 50.3 Å². The lowest BCUT2D eigenvalue weighted by molar-refractivity contribution is 0.410. The average Bonchev–Trinajstić information content (AvgIpc) is 2.40. The van der Waals surface area contributed by atoms with E-state index >= 15 is 0 Å². The molecule has 5 heteroatoms. The highest BCUT2D eigenvalue weighted by molar-refractivity contribution is 5.64. The molecule has 0 saturated heterocycles. The minimum atomic E-state index is 0.461. The van der Waals surface area contributed by atoms with Gasteiger partial charge in [-0.25, -0.2) is 9.97 Å². The largest absolute Gasteiger partial charge is 0.490 e. The van der Waals surface area contributed by atoms with Crippen molar-refractivity contribution in [2.45, 2.75) is 39.7 Å². The molecule has 0 radical (unpaired) electrons. The number of rotatable bonds is 7. The Morgan fingerprint density at radius 1 is 1.28 bits per heavy atom. The molecule has 0 spiro atoms. The van der Waals surface area contributed by atoms with Crippen LogP contribution < -0.4 is 15.0 Å². The Hall–Kier alpha value is -1.52. The second-order valence-electron chi connectivity index (χ2n) is 4.19. The number of nitrogens with zero attached hydrogens (tertiary/aromatic N) is 3. The third-order valence-corrected chi connectivity index (χ3v) is 3.16. The van der Waals surface area contributed by atoms with Crippen LogP contribution in [-0.4, -0.2) is 36.7 Å². The summed E-state index contributed by atoms with van der Waals surface area (Å²) in [5.41, 5.74) is 0. The van der Waals surface area contributed by atoms with Gasteiger partial charge in [-0.2, -0.15) is 0 Å². The molecule has 0 aliphatic carbocycles. The van der Waals surface area contributed by atoms with Gasteiger partial charge >= 0.3 is 0 Å². The van der Waals surface area contributed by atoms with Crippen molar-refractivity contribution in [2.24, 2.45) is 0 Å². The van der Waals surface area contributed by atoms with E-state index in [1.165, 1.54) is 0 Å². The Balaban J connectivity index is 3.10. The summed E-state index contributed by atoms with van der Waals surface area (Å²) in [5.74, 6) is 2.31. The summed E-state index contributed by atoms with van der Waals surface area (Å²) >= 11 is 0. The molecular formula is C13H24N4O. The van der Waals surface area contributed by atoms with Crippen LogP contribution in [0, 0.1) is 0 Å². The second kappa shape index (κ2) is 7.03. The third-order valence-electron chi connectivity index (χ3n) is 3.16. The summed E-state index contributed by atoms with van der Waals surface area (Å²) in [6.45, 7) is 7.21.